The van der Waals surface area contributed by atoms with Gasteiger partial charge in [-0.15, -0.1) is 11.8 Å². The van der Waals surface area contributed by atoms with Crippen LogP contribution in [0.3, 0.4) is 0 Å². The third-order valence-electron chi connectivity index (χ3n) is 6.78. The number of nitrogens with one attached hydrogen (secondary N) is 3. The number of amidine groups is 1. The molecule has 0 aromatic heterocycles. The summed E-state index contributed by atoms with van der Waals surface area (Å²) in [5, 5.41) is 24.5. The standard InChI is InChI=1S/C34H28N6O6S/c1-22(32(42)37-30-21-31(41)39(38-30)26-15-6-3-7-16-26)47-27-17-10-14-25(20-27)35-34(44)28(36-33(43)23-11-4-2-5-12-23)19-24-13-8-9-18-29(24)40(45)46/h2-20,22H,21H2,1H3,(H,35,44)(H,36,43)(H,37,38,42)/b28-19+. The molecule has 4 amide bonds. The Morgan fingerprint density at radius 3 is 2.32 bits per heavy atom. The van der Waals surface area contributed by atoms with Crippen molar-refractivity contribution in [3.05, 3.63) is 136 Å². The molecular formula is C34H28N6O6S. The Hall–Kier alpha value is -6.08. The average Bonchev–Trinajstić information content (AvgIpc) is 3.44. The number of nitrogens with zero attached hydrogens (tertiary/aromatic N) is 3. The van der Waals surface area contributed by atoms with Crippen LogP contribution in [0.5, 0.6) is 0 Å². The van der Waals surface area contributed by atoms with Crippen molar-refractivity contribution in [1.29, 1.82) is 0 Å². The number of benzene rings is 4. The summed E-state index contributed by atoms with van der Waals surface area (Å²) in [4.78, 5) is 63.5. The van der Waals surface area contributed by atoms with Crippen LogP contribution >= 0.6 is 11.8 Å². The van der Waals surface area contributed by atoms with Crippen molar-refractivity contribution >= 4 is 64.4 Å². The number of hydrazone groups is 1. The van der Waals surface area contributed by atoms with Crippen molar-refractivity contribution < 1.29 is 24.1 Å². The van der Waals surface area contributed by atoms with Crippen LogP contribution < -0.4 is 21.0 Å². The fourth-order valence-electron chi connectivity index (χ4n) is 4.49. The first-order chi connectivity index (χ1) is 22.7. The number of thioether (sulfide) groups is 1. The van der Waals surface area contributed by atoms with E-state index in [1.165, 1.54) is 41.0 Å². The van der Waals surface area contributed by atoms with E-state index < -0.39 is 22.0 Å². The van der Waals surface area contributed by atoms with Crippen LogP contribution in [-0.4, -0.2) is 39.6 Å². The summed E-state index contributed by atoms with van der Waals surface area (Å²) in [6, 6.07) is 29.7. The molecule has 5 rings (SSSR count). The zero-order chi connectivity index (χ0) is 33.3. The molecule has 1 aliphatic rings. The zero-order valence-electron chi connectivity index (χ0n) is 25.0. The predicted molar refractivity (Wildman–Crippen MR) is 179 cm³/mol. The second kappa shape index (κ2) is 14.8. The Balaban J connectivity index is 1.28. The van der Waals surface area contributed by atoms with Gasteiger partial charge in [-0.05, 0) is 61.5 Å². The van der Waals surface area contributed by atoms with Crippen molar-refractivity contribution in [2.24, 2.45) is 5.10 Å². The number of nitro benzene ring substituents is 1. The zero-order valence-corrected chi connectivity index (χ0v) is 25.8. The molecule has 12 nitrogen and oxygen atoms in total. The highest BCUT2D eigenvalue weighted by Gasteiger charge is 2.28. The molecule has 1 heterocycles. The number of hydrogen-bond acceptors (Lipinski definition) is 8. The van der Waals surface area contributed by atoms with Gasteiger partial charge in [0.1, 0.15) is 11.5 Å². The average molecular weight is 649 g/mol. The number of nitro groups is 1. The maximum Gasteiger partial charge on any atom is 0.276 e. The van der Waals surface area contributed by atoms with E-state index in [0.717, 1.165) is 0 Å². The van der Waals surface area contributed by atoms with E-state index in [0.29, 0.717) is 21.8 Å². The molecule has 4 aromatic carbocycles. The highest BCUT2D eigenvalue weighted by Crippen LogP contribution is 2.27. The summed E-state index contributed by atoms with van der Waals surface area (Å²) in [6.07, 6.45) is 1.21. The molecule has 3 N–H and O–H groups in total. The molecule has 0 saturated carbocycles. The summed E-state index contributed by atoms with van der Waals surface area (Å²) in [7, 11) is 0. The van der Waals surface area contributed by atoms with Gasteiger partial charge < -0.3 is 16.0 Å². The van der Waals surface area contributed by atoms with Gasteiger partial charge in [-0.2, -0.15) is 10.1 Å². The third kappa shape index (κ3) is 8.35. The molecule has 0 aliphatic carbocycles. The lowest BCUT2D eigenvalue weighted by Crippen LogP contribution is -2.35. The van der Waals surface area contributed by atoms with E-state index >= 15 is 0 Å². The van der Waals surface area contributed by atoms with Crippen LogP contribution in [0.15, 0.2) is 125 Å². The smallest absolute Gasteiger partial charge is 0.276 e. The maximum atomic E-state index is 13.5. The largest absolute Gasteiger partial charge is 0.321 e. The number of carbonyl (C=O) groups is 4. The topological polar surface area (TPSA) is 163 Å². The lowest BCUT2D eigenvalue weighted by atomic mass is 10.1. The van der Waals surface area contributed by atoms with Crippen molar-refractivity contribution in [2.75, 3.05) is 10.3 Å². The summed E-state index contributed by atoms with van der Waals surface area (Å²) in [5.74, 6) is -1.66. The minimum atomic E-state index is -0.716. The van der Waals surface area contributed by atoms with Crippen LogP contribution in [0, 0.1) is 10.1 Å². The molecule has 0 fully saturated rings. The lowest BCUT2D eigenvalue weighted by molar-refractivity contribution is -0.385. The van der Waals surface area contributed by atoms with Crippen LogP contribution in [0.4, 0.5) is 17.1 Å². The van der Waals surface area contributed by atoms with E-state index in [1.54, 1.807) is 91.9 Å². The fraction of sp³-hybridized carbons (Fsp3) is 0.0882. The first kappa shape index (κ1) is 32.3. The SMILES string of the molecule is CC(Sc1cccc(NC(=O)/C(=C\c2ccccc2[N+](=O)[O-])NC(=O)c2ccccc2)c1)C(=O)NC1=NN(c2ccccc2)C(=O)C1. The summed E-state index contributed by atoms with van der Waals surface area (Å²) in [5.41, 5.74) is 0.927. The van der Waals surface area contributed by atoms with Gasteiger partial charge in [0.15, 0.2) is 0 Å². The molecule has 1 unspecified atom stereocenters. The van der Waals surface area contributed by atoms with Crippen molar-refractivity contribution in [1.82, 2.24) is 10.6 Å². The van der Waals surface area contributed by atoms with Gasteiger partial charge in [0.25, 0.3) is 23.4 Å². The van der Waals surface area contributed by atoms with Crippen LogP contribution in [0.25, 0.3) is 6.08 Å². The number of para-hydroxylation sites is 2. The summed E-state index contributed by atoms with van der Waals surface area (Å²) in [6.45, 7) is 1.70. The maximum absolute atomic E-state index is 13.5. The highest BCUT2D eigenvalue weighted by atomic mass is 32.2. The summed E-state index contributed by atoms with van der Waals surface area (Å²) < 4.78 is 0. The Labute approximate surface area is 273 Å². The molecule has 0 saturated heterocycles. The quantitative estimate of drug-likeness (QED) is 0.0903. The third-order valence-corrected chi connectivity index (χ3v) is 7.87. The summed E-state index contributed by atoms with van der Waals surface area (Å²) >= 11 is 1.22. The van der Waals surface area contributed by atoms with Crippen molar-refractivity contribution in [3.8, 4) is 0 Å². The van der Waals surface area contributed by atoms with Gasteiger partial charge in [-0.1, -0.05) is 54.6 Å². The number of rotatable bonds is 10. The predicted octanol–water partition coefficient (Wildman–Crippen LogP) is 5.35. The van der Waals surface area contributed by atoms with E-state index in [-0.39, 0.29) is 41.0 Å². The normalized spacial score (nSPS) is 13.4. The first-order valence-corrected chi connectivity index (χ1v) is 15.2. The van der Waals surface area contributed by atoms with Gasteiger partial charge >= 0.3 is 0 Å². The Bertz CT molecular complexity index is 1900. The monoisotopic (exact) mass is 648 g/mol. The number of hydrogen-bond donors (Lipinski definition) is 3. The molecule has 236 valence electrons. The van der Waals surface area contributed by atoms with E-state index in [2.05, 4.69) is 21.1 Å². The molecule has 47 heavy (non-hydrogen) atoms. The van der Waals surface area contributed by atoms with Crippen molar-refractivity contribution in [2.45, 2.75) is 23.5 Å². The first-order valence-electron chi connectivity index (χ1n) is 14.3. The van der Waals surface area contributed by atoms with Crippen molar-refractivity contribution in [3.63, 3.8) is 0 Å². The molecular weight excluding hydrogens is 620 g/mol. The number of carbonyl (C=O) groups excluding carboxylic acids is 4. The Kier molecular flexibility index (Phi) is 10.2. The molecule has 4 aromatic rings. The van der Waals surface area contributed by atoms with Gasteiger partial charge in [-0.3, -0.25) is 29.3 Å². The highest BCUT2D eigenvalue weighted by molar-refractivity contribution is 8.00. The van der Waals surface area contributed by atoms with Crippen LogP contribution in [-0.2, 0) is 14.4 Å². The fourth-order valence-corrected chi connectivity index (χ4v) is 5.42. The lowest BCUT2D eigenvalue weighted by Gasteiger charge is -2.14. The van der Waals surface area contributed by atoms with Gasteiger partial charge in [0, 0.05) is 22.2 Å². The molecule has 1 aliphatic heterocycles. The molecule has 0 spiro atoms. The van der Waals surface area contributed by atoms with Gasteiger partial charge in [-0.25, -0.2) is 0 Å². The van der Waals surface area contributed by atoms with Crippen LogP contribution in [0.1, 0.15) is 29.3 Å². The number of anilines is 2. The Morgan fingerprint density at radius 2 is 1.60 bits per heavy atom. The Morgan fingerprint density at radius 1 is 0.915 bits per heavy atom. The van der Waals surface area contributed by atoms with E-state index in [4.69, 9.17) is 0 Å². The minimum absolute atomic E-state index is 0.0393. The molecule has 13 heteroatoms. The molecule has 0 bridgehead atoms. The van der Waals surface area contributed by atoms with Gasteiger partial charge in [0.2, 0.25) is 5.91 Å². The minimum Gasteiger partial charge on any atom is -0.321 e. The van der Waals surface area contributed by atoms with Gasteiger partial charge in [0.05, 0.1) is 27.8 Å². The second-order valence-electron chi connectivity index (χ2n) is 10.2. The van der Waals surface area contributed by atoms with Crippen LogP contribution in [0.2, 0.25) is 0 Å². The molecule has 0 radical (unpaired) electrons. The number of amides is 4. The van der Waals surface area contributed by atoms with E-state index in [1.807, 2.05) is 6.07 Å². The van der Waals surface area contributed by atoms with E-state index in [9.17, 15) is 29.3 Å². The second-order valence-corrected chi connectivity index (χ2v) is 11.6. The molecule has 1 atom stereocenters.